The third-order valence-electron chi connectivity index (χ3n) is 6.31. The van der Waals surface area contributed by atoms with Gasteiger partial charge in [-0.2, -0.15) is 0 Å². The summed E-state index contributed by atoms with van der Waals surface area (Å²) in [5.41, 5.74) is 2.43. The number of benzene rings is 2. The zero-order valence-corrected chi connectivity index (χ0v) is 18.0. The van der Waals surface area contributed by atoms with Crippen LogP contribution in [-0.4, -0.2) is 34.7 Å². The van der Waals surface area contributed by atoms with Gasteiger partial charge in [-0.3, -0.25) is 14.5 Å². The molecule has 2 aromatic carbocycles. The van der Waals surface area contributed by atoms with E-state index in [0.717, 1.165) is 44.1 Å². The summed E-state index contributed by atoms with van der Waals surface area (Å²) in [6.45, 7) is 0.512. The first kappa shape index (κ1) is 21.3. The first-order chi connectivity index (χ1) is 15.1. The Hall–Kier alpha value is -2.95. The van der Waals surface area contributed by atoms with E-state index < -0.39 is 0 Å². The topological polar surface area (TPSA) is 40.6 Å². The third kappa shape index (κ3) is 4.55. The van der Waals surface area contributed by atoms with E-state index >= 15 is 0 Å². The van der Waals surface area contributed by atoms with Crippen molar-refractivity contribution in [3.63, 3.8) is 0 Å². The molecule has 162 valence electrons. The average molecular weight is 421 g/mol. The van der Waals surface area contributed by atoms with Crippen LogP contribution in [0.2, 0.25) is 0 Å². The van der Waals surface area contributed by atoms with Crippen LogP contribution in [0.1, 0.15) is 56.1 Å². The number of imide groups is 1. The van der Waals surface area contributed by atoms with Gasteiger partial charge in [0, 0.05) is 19.6 Å². The molecule has 0 saturated heterocycles. The second kappa shape index (κ2) is 9.46. The van der Waals surface area contributed by atoms with E-state index in [1.54, 1.807) is 12.1 Å². The number of rotatable bonds is 5. The Morgan fingerprint density at radius 3 is 2.13 bits per heavy atom. The molecule has 2 aliphatic rings. The minimum Gasteiger partial charge on any atom is -0.365 e. The molecule has 0 atom stereocenters. The number of halogens is 1. The Kier molecular flexibility index (Phi) is 6.50. The SMILES string of the molecule is CN(Cc1ccccc1)C1=C(c2ccc(F)cc2)C(=O)N(C2CCCCCCC2)C1=O. The summed E-state index contributed by atoms with van der Waals surface area (Å²) >= 11 is 0. The fourth-order valence-corrected chi connectivity index (χ4v) is 4.73. The van der Waals surface area contributed by atoms with Crippen molar-refractivity contribution in [1.82, 2.24) is 9.80 Å². The molecule has 31 heavy (non-hydrogen) atoms. The summed E-state index contributed by atoms with van der Waals surface area (Å²) in [6, 6.07) is 15.7. The van der Waals surface area contributed by atoms with Crippen LogP contribution in [0.15, 0.2) is 60.3 Å². The summed E-state index contributed by atoms with van der Waals surface area (Å²) in [7, 11) is 1.85. The summed E-state index contributed by atoms with van der Waals surface area (Å²) in [5, 5.41) is 0. The molecule has 0 bridgehead atoms. The van der Waals surface area contributed by atoms with Gasteiger partial charge in [0.25, 0.3) is 11.8 Å². The van der Waals surface area contributed by atoms with E-state index in [1.807, 2.05) is 42.3 Å². The molecule has 0 aromatic heterocycles. The lowest BCUT2D eigenvalue weighted by molar-refractivity contribution is -0.140. The number of carbonyl (C=O) groups excluding carboxylic acids is 2. The van der Waals surface area contributed by atoms with E-state index in [2.05, 4.69) is 0 Å². The van der Waals surface area contributed by atoms with Gasteiger partial charge in [-0.25, -0.2) is 4.39 Å². The van der Waals surface area contributed by atoms with Crippen molar-refractivity contribution in [3.8, 4) is 0 Å². The summed E-state index contributed by atoms with van der Waals surface area (Å²) in [6.07, 6.45) is 7.27. The highest BCUT2D eigenvalue weighted by molar-refractivity contribution is 6.35. The Labute approximate surface area is 183 Å². The number of hydrogen-bond acceptors (Lipinski definition) is 3. The predicted octanol–water partition coefficient (Wildman–Crippen LogP) is 5.15. The lowest BCUT2D eigenvalue weighted by atomic mass is 9.95. The molecule has 0 N–H and O–H groups in total. The van der Waals surface area contributed by atoms with Gasteiger partial charge in [0.05, 0.1) is 5.57 Å². The molecule has 0 radical (unpaired) electrons. The van der Waals surface area contributed by atoms with Gasteiger partial charge in [0.1, 0.15) is 11.5 Å². The van der Waals surface area contributed by atoms with Crippen LogP contribution in [0, 0.1) is 5.82 Å². The maximum atomic E-state index is 13.6. The van der Waals surface area contributed by atoms with Crippen molar-refractivity contribution < 1.29 is 14.0 Å². The molecule has 4 rings (SSSR count). The second-order valence-corrected chi connectivity index (χ2v) is 8.55. The van der Waals surface area contributed by atoms with Crippen LogP contribution in [0.25, 0.3) is 5.57 Å². The van der Waals surface area contributed by atoms with Crippen LogP contribution >= 0.6 is 0 Å². The molecule has 1 aliphatic carbocycles. The predicted molar refractivity (Wildman–Crippen MR) is 119 cm³/mol. The van der Waals surface area contributed by atoms with Gasteiger partial charge >= 0.3 is 0 Å². The number of nitrogens with zero attached hydrogens (tertiary/aromatic N) is 2. The quantitative estimate of drug-likeness (QED) is 0.628. The standard InChI is InChI=1S/C26H29FN2O2/c1-28(18-19-10-6-5-7-11-19)24-23(20-14-16-21(27)17-15-20)25(30)29(26(24)31)22-12-8-3-2-4-9-13-22/h5-7,10-11,14-17,22H,2-4,8-9,12-13,18H2,1H3. The zero-order chi connectivity index (χ0) is 21.8. The molecule has 2 aromatic rings. The number of hydrogen-bond donors (Lipinski definition) is 0. The monoisotopic (exact) mass is 420 g/mol. The molecule has 0 unspecified atom stereocenters. The highest BCUT2D eigenvalue weighted by atomic mass is 19.1. The summed E-state index contributed by atoms with van der Waals surface area (Å²) < 4.78 is 13.6. The normalized spacial score (nSPS) is 18.3. The number of carbonyl (C=O) groups is 2. The van der Waals surface area contributed by atoms with Gasteiger partial charge in [-0.1, -0.05) is 74.6 Å². The van der Waals surface area contributed by atoms with Gasteiger partial charge in [-0.05, 0) is 36.1 Å². The van der Waals surface area contributed by atoms with Crippen molar-refractivity contribution in [2.24, 2.45) is 0 Å². The van der Waals surface area contributed by atoms with E-state index in [9.17, 15) is 14.0 Å². The number of amides is 2. The number of likely N-dealkylation sites (N-methyl/N-ethyl adjacent to an activating group) is 1. The first-order valence-electron chi connectivity index (χ1n) is 11.2. The first-order valence-corrected chi connectivity index (χ1v) is 11.2. The fraction of sp³-hybridized carbons (Fsp3) is 0.385. The van der Waals surface area contributed by atoms with Gasteiger partial charge in [0.15, 0.2) is 0 Å². The molecule has 0 spiro atoms. The highest BCUT2D eigenvalue weighted by Gasteiger charge is 2.43. The van der Waals surface area contributed by atoms with Crippen LogP contribution in [-0.2, 0) is 16.1 Å². The Balaban J connectivity index is 1.71. The molecule has 1 heterocycles. The molecule has 4 nitrogen and oxygen atoms in total. The lowest BCUT2D eigenvalue weighted by Crippen LogP contribution is -2.42. The summed E-state index contributed by atoms with van der Waals surface area (Å²) in [5.74, 6) is -0.845. The molecule has 1 aliphatic heterocycles. The average Bonchev–Trinajstić information content (AvgIpc) is 3.00. The van der Waals surface area contributed by atoms with Crippen molar-refractivity contribution in [3.05, 3.63) is 77.2 Å². The second-order valence-electron chi connectivity index (χ2n) is 8.55. The zero-order valence-electron chi connectivity index (χ0n) is 18.0. The maximum Gasteiger partial charge on any atom is 0.278 e. The smallest absolute Gasteiger partial charge is 0.278 e. The van der Waals surface area contributed by atoms with E-state index in [4.69, 9.17) is 0 Å². The Morgan fingerprint density at radius 1 is 0.871 bits per heavy atom. The maximum absolute atomic E-state index is 13.6. The van der Waals surface area contributed by atoms with Gasteiger partial charge in [0.2, 0.25) is 0 Å². The van der Waals surface area contributed by atoms with E-state index in [1.165, 1.54) is 23.5 Å². The molecule has 2 amide bonds. The van der Waals surface area contributed by atoms with Crippen LogP contribution in [0.4, 0.5) is 4.39 Å². The minimum absolute atomic E-state index is 0.0710. The van der Waals surface area contributed by atoms with E-state index in [0.29, 0.717) is 23.4 Å². The van der Waals surface area contributed by atoms with Gasteiger partial charge < -0.3 is 4.90 Å². The van der Waals surface area contributed by atoms with E-state index in [-0.39, 0.29) is 23.7 Å². The Bertz CT molecular complexity index is 961. The molecule has 5 heteroatoms. The third-order valence-corrected chi connectivity index (χ3v) is 6.31. The molecular formula is C26H29FN2O2. The molecule has 1 saturated carbocycles. The minimum atomic E-state index is -0.364. The molecule has 1 fully saturated rings. The van der Waals surface area contributed by atoms with Crippen molar-refractivity contribution in [2.45, 2.75) is 57.5 Å². The summed E-state index contributed by atoms with van der Waals surface area (Å²) in [4.78, 5) is 30.6. The van der Waals surface area contributed by atoms with Crippen LogP contribution in [0.5, 0.6) is 0 Å². The van der Waals surface area contributed by atoms with Crippen LogP contribution < -0.4 is 0 Å². The van der Waals surface area contributed by atoms with Crippen LogP contribution in [0.3, 0.4) is 0 Å². The fourth-order valence-electron chi connectivity index (χ4n) is 4.73. The highest BCUT2D eigenvalue weighted by Crippen LogP contribution is 2.35. The van der Waals surface area contributed by atoms with Gasteiger partial charge in [-0.15, -0.1) is 0 Å². The van der Waals surface area contributed by atoms with Crippen molar-refractivity contribution in [1.29, 1.82) is 0 Å². The lowest BCUT2D eigenvalue weighted by Gasteiger charge is -2.29. The van der Waals surface area contributed by atoms with Crippen molar-refractivity contribution in [2.75, 3.05) is 7.05 Å². The molecular weight excluding hydrogens is 391 g/mol. The Morgan fingerprint density at radius 2 is 1.48 bits per heavy atom. The largest absolute Gasteiger partial charge is 0.365 e. The van der Waals surface area contributed by atoms with Crippen molar-refractivity contribution >= 4 is 17.4 Å².